The Morgan fingerprint density at radius 3 is 2.36 bits per heavy atom. The van der Waals surface area contributed by atoms with Crippen molar-refractivity contribution in [2.45, 2.75) is 63.8 Å². The molecule has 0 aliphatic carbocycles. The normalized spacial score (nSPS) is 24.9. The highest BCUT2D eigenvalue weighted by Crippen LogP contribution is 2.26. The summed E-state index contributed by atoms with van der Waals surface area (Å²) in [7, 11) is 0. The minimum absolute atomic E-state index is 0. The average molecular weight is 365 g/mol. The van der Waals surface area contributed by atoms with E-state index in [1.807, 2.05) is 31.2 Å². The number of fused-ring (bicyclic) bond motifs is 3. The predicted molar refractivity (Wildman–Crippen MR) is 100 cm³/mol. The highest BCUT2D eigenvalue weighted by Gasteiger charge is 2.34. The third-order valence-electron chi connectivity index (χ3n) is 5.38. The molecule has 1 amide bonds. The molecular formula is C18H25ClN4O2. The van der Waals surface area contributed by atoms with Gasteiger partial charge in [-0.25, -0.2) is 4.79 Å². The Labute approximate surface area is 153 Å². The van der Waals surface area contributed by atoms with E-state index in [1.165, 1.54) is 12.8 Å². The van der Waals surface area contributed by atoms with E-state index < -0.39 is 0 Å². The number of hydrogen-bond donors (Lipinski definition) is 2. The lowest BCUT2D eigenvalue weighted by molar-refractivity contribution is -0.122. The van der Waals surface area contributed by atoms with Crippen LogP contribution < -0.4 is 16.3 Å². The molecule has 2 aliphatic rings. The molecule has 2 bridgehead atoms. The quantitative estimate of drug-likeness (QED) is 0.866. The maximum atomic E-state index is 12.6. The zero-order valence-corrected chi connectivity index (χ0v) is 15.2. The summed E-state index contributed by atoms with van der Waals surface area (Å²) in [6, 6.07) is 8.97. The summed E-state index contributed by atoms with van der Waals surface area (Å²) in [5, 5.41) is 6.72. The lowest BCUT2D eigenvalue weighted by atomic mass is 10.00. The summed E-state index contributed by atoms with van der Waals surface area (Å²) >= 11 is 0. The number of carbonyl (C=O) groups excluding carboxylic acids is 1. The molecule has 2 atom stereocenters. The van der Waals surface area contributed by atoms with Crippen molar-refractivity contribution in [2.24, 2.45) is 0 Å². The molecule has 1 aromatic carbocycles. The lowest BCUT2D eigenvalue weighted by Crippen LogP contribution is -2.49. The molecule has 2 unspecified atom stereocenters. The Balaban J connectivity index is 0.00000182. The van der Waals surface area contributed by atoms with Crippen LogP contribution in [0, 0.1) is 0 Å². The van der Waals surface area contributed by atoms with Gasteiger partial charge in [-0.15, -0.1) is 12.4 Å². The van der Waals surface area contributed by atoms with E-state index in [0.29, 0.717) is 18.6 Å². The van der Waals surface area contributed by atoms with Crippen LogP contribution in [0.2, 0.25) is 0 Å². The molecule has 0 radical (unpaired) electrons. The van der Waals surface area contributed by atoms with E-state index in [4.69, 9.17) is 0 Å². The van der Waals surface area contributed by atoms with Gasteiger partial charge in [-0.3, -0.25) is 13.9 Å². The van der Waals surface area contributed by atoms with Gasteiger partial charge in [0.1, 0.15) is 6.54 Å². The van der Waals surface area contributed by atoms with Crippen molar-refractivity contribution >= 4 is 29.3 Å². The molecule has 3 heterocycles. The van der Waals surface area contributed by atoms with Gasteiger partial charge in [0.05, 0.1) is 11.0 Å². The van der Waals surface area contributed by atoms with Gasteiger partial charge in [0.25, 0.3) is 0 Å². The van der Waals surface area contributed by atoms with Crippen LogP contribution in [0.4, 0.5) is 0 Å². The number of amides is 1. The number of nitrogens with one attached hydrogen (secondary N) is 2. The van der Waals surface area contributed by atoms with Crippen molar-refractivity contribution in [3.63, 3.8) is 0 Å². The fraction of sp³-hybridized carbons (Fsp3) is 0.556. The third kappa shape index (κ3) is 3.33. The number of para-hydroxylation sites is 2. The molecule has 2 N–H and O–H groups in total. The summed E-state index contributed by atoms with van der Waals surface area (Å²) < 4.78 is 3.30. The molecule has 1 aromatic heterocycles. The van der Waals surface area contributed by atoms with E-state index >= 15 is 0 Å². The van der Waals surface area contributed by atoms with Gasteiger partial charge in [0, 0.05) is 24.7 Å². The monoisotopic (exact) mass is 364 g/mol. The second-order valence-corrected chi connectivity index (χ2v) is 6.98. The number of aryl methyl sites for hydroxylation is 1. The highest BCUT2D eigenvalue weighted by molar-refractivity contribution is 5.85. The van der Waals surface area contributed by atoms with Gasteiger partial charge in [-0.2, -0.15) is 0 Å². The zero-order valence-electron chi connectivity index (χ0n) is 14.4. The van der Waals surface area contributed by atoms with E-state index in [0.717, 1.165) is 23.9 Å². The van der Waals surface area contributed by atoms with E-state index in [9.17, 15) is 9.59 Å². The van der Waals surface area contributed by atoms with Crippen LogP contribution in [0.3, 0.4) is 0 Å². The third-order valence-corrected chi connectivity index (χ3v) is 5.38. The zero-order chi connectivity index (χ0) is 16.7. The topological polar surface area (TPSA) is 68.1 Å². The van der Waals surface area contributed by atoms with Gasteiger partial charge in [-0.1, -0.05) is 12.1 Å². The first kappa shape index (κ1) is 18.0. The Morgan fingerprint density at radius 1 is 1.16 bits per heavy atom. The Hall–Kier alpha value is -1.79. The van der Waals surface area contributed by atoms with Crippen LogP contribution in [0.5, 0.6) is 0 Å². The molecule has 2 saturated heterocycles. The molecule has 25 heavy (non-hydrogen) atoms. The van der Waals surface area contributed by atoms with Crippen LogP contribution in [-0.2, 0) is 17.9 Å². The molecule has 4 rings (SSSR count). The molecule has 2 aromatic rings. The maximum absolute atomic E-state index is 12.6. The first-order chi connectivity index (χ1) is 11.7. The van der Waals surface area contributed by atoms with E-state index in [-0.39, 0.29) is 36.6 Å². The second-order valence-electron chi connectivity index (χ2n) is 6.98. The second kappa shape index (κ2) is 7.22. The van der Waals surface area contributed by atoms with Crippen LogP contribution in [0.25, 0.3) is 11.0 Å². The van der Waals surface area contributed by atoms with Crippen LogP contribution in [-0.4, -0.2) is 33.2 Å². The molecule has 0 spiro atoms. The summed E-state index contributed by atoms with van der Waals surface area (Å²) in [4.78, 5) is 25.1. The number of aromatic nitrogens is 2. The number of carbonyl (C=O) groups is 1. The van der Waals surface area contributed by atoms with E-state index in [2.05, 4.69) is 10.6 Å². The van der Waals surface area contributed by atoms with Gasteiger partial charge in [-0.05, 0) is 44.7 Å². The van der Waals surface area contributed by atoms with Gasteiger partial charge < -0.3 is 10.6 Å². The standard InChI is InChI=1S/C18H24N4O2.ClH/c1-2-21-15-5-3-4-6-16(15)22(18(21)24)11-17(23)20-14-9-12-7-8-13(10-14)19-12;/h3-6,12-14,19H,2,7-11H2,1H3,(H,20,23);1H. The molecule has 2 fully saturated rings. The summed E-state index contributed by atoms with van der Waals surface area (Å²) in [5.41, 5.74) is 1.60. The largest absolute Gasteiger partial charge is 0.352 e. The van der Waals surface area contributed by atoms with Gasteiger partial charge in [0.2, 0.25) is 5.91 Å². The molecular weight excluding hydrogens is 340 g/mol. The highest BCUT2D eigenvalue weighted by atomic mass is 35.5. The number of piperidine rings is 1. The van der Waals surface area contributed by atoms with Crippen molar-refractivity contribution in [3.8, 4) is 0 Å². The summed E-state index contributed by atoms with van der Waals surface area (Å²) in [6.07, 6.45) is 4.41. The SMILES string of the molecule is CCn1c(=O)n(CC(=O)NC2CC3CCC(C2)N3)c2ccccc21.Cl. The smallest absolute Gasteiger partial charge is 0.329 e. The van der Waals surface area contributed by atoms with Crippen molar-refractivity contribution < 1.29 is 4.79 Å². The van der Waals surface area contributed by atoms with Gasteiger partial charge in [0.15, 0.2) is 0 Å². The van der Waals surface area contributed by atoms with Crippen molar-refractivity contribution in [3.05, 3.63) is 34.7 Å². The van der Waals surface area contributed by atoms with Crippen molar-refractivity contribution in [1.29, 1.82) is 0 Å². The molecule has 2 aliphatic heterocycles. The fourth-order valence-corrected chi connectivity index (χ4v) is 4.32. The van der Waals surface area contributed by atoms with Crippen molar-refractivity contribution in [1.82, 2.24) is 19.8 Å². The maximum Gasteiger partial charge on any atom is 0.329 e. The first-order valence-corrected chi connectivity index (χ1v) is 8.89. The fourth-order valence-electron chi connectivity index (χ4n) is 4.32. The molecule has 6 nitrogen and oxygen atoms in total. The summed E-state index contributed by atoms with van der Waals surface area (Å²) in [5.74, 6) is -0.0672. The van der Waals surface area contributed by atoms with Crippen molar-refractivity contribution in [2.75, 3.05) is 0 Å². The number of rotatable bonds is 4. The number of imidazole rings is 1. The first-order valence-electron chi connectivity index (χ1n) is 8.89. The van der Waals surface area contributed by atoms with E-state index in [1.54, 1.807) is 9.13 Å². The minimum Gasteiger partial charge on any atom is -0.352 e. The molecule has 0 saturated carbocycles. The number of hydrogen-bond acceptors (Lipinski definition) is 3. The average Bonchev–Trinajstić information content (AvgIpc) is 3.05. The Morgan fingerprint density at radius 2 is 1.76 bits per heavy atom. The Kier molecular flexibility index (Phi) is 5.20. The number of nitrogens with zero attached hydrogens (tertiary/aromatic N) is 2. The minimum atomic E-state index is -0.112. The van der Waals surface area contributed by atoms with Crippen LogP contribution >= 0.6 is 12.4 Å². The number of halogens is 1. The predicted octanol–water partition coefficient (Wildman–Crippen LogP) is 1.64. The molecule has 136 valence electrons. The summed E-state index contributed by atoms with van der Waals surface area (Å²) in [6.45, 7) is 2.64. The van der Waals surface area contributed by atoms with Crippen LogP contribution in [0.1, 0.15) is 32.6 Å². The molecule has 7 heteroatoms. The lowest BCUT2D eigenvalue weighted by Gasteiger charge is -2.29. The van der Waals surface area contributed by atoms with Gasteiger partial charge >= 0.3 is 5.69 Å². The number of benzene rings is 1. The Bertz CT molecular complexity index is 816. The van der Waals surface area contributed by atoms with Crippen LogP contribution in [0.15, 0.2) is 29.1 Å².